The van der Waals surface area contributed by atoms with Gasteiger partial charge >= 0.3 is 0 Å². The van der Waals surface area contributed by atoms with Crippen LogP contribution in [-0.2, 0) is 0 Å². The summed E-state index contributed by atoms with van der Waals surface area (Å²) in [5, 5.41) is 10.2. The molecule has 3 rings (SSSR count). The maximum Gasteiger partial charge on any atom is 0.274 e. The van der Waals surface area contributed by atoms with Gasteiger partial charge in [-0.05, 0) is 37.5 Å². The standard InChI is InChI=1S/C16H16Cl2N4O2/c1-8-5-9(17)6-11(15(23)19-2)14(8)20-16(24)12-7-13(18)21-22(12)10-3-4-10/h5-7,10H,3-4H2,1-2H3,(H,19,23)(H,20,24). The van der Waals surface area contributed by atoms with Gasteiger partial charge < -0.3 is 10.6 Å². The number of carbonyl (C=O) groups excluding carboxylic acids is 2. The number of benzene rings is 1. The lowest BCUT2D eigenvalue weighted by Gasteiger charge is -2.14. The summed E-state index contributed by atoms with van der Waals surface area (Å²) in [7, 11) is 1.52. The summed E-state index contributed by atoms with van der Waals surface area (Å²) in [4.78, 5) is 24.8. The van der Waals surface area contributed by atoms with E-state index in [1.165, 1.54) is 19.2 Å². The van der Waals surface area contributed by atoms with Crippen LogP contribution in [0.25, 0.3) is 0 Å². The summed E-state index contributed by atoms with van der Waals surface area (Å²) in [6.07, 6.45) is 1.95. The van der Waals surface area contributed by atoms with Gasteiger partial charge in [0.2, 0.25) is 0 Å². The summed E-state index contributed by atoms with van der Waals surface area (Å²) in [6.45, 7) is 1.78. The summed E-state index contributed by atoms with van der Waals surface area (Å²) < 4.78 is 1.64. The van der Waals surface area contributed by atoms with Gasteiger partial charge in [0.15, 0.2) is 5.15 Å². The van der Waals surface area contributed by atoms with Crippen LogP contribution in [0.2, 0.25) is 10.2 Å². The van der Waals surface area contributed by atoms with Gasteiger partial charge in [-0.1, -0.05) is 23.2 Å². The molecule has 1 aliphatic rings. The average Bonchev–Trinajstić information content (AvgIpc) is 3.30. The minimum absolute atomic E-state index is 0.211. The number of hydrogen-bond donors (Lipinski definition) is 2. The van der Waals surface area contributed by atoms with Crippen molar-refractivity contribution in [3.05, 3.63) is 45.2 Å². The molecule has 1 aliphatic carbocycles. The third-order valence-corrected chi connectivity index (χ3v) is 4.24. The van der Waals surface area contributed by atoms with Crippen molar-refractivity contribution in [2.75, 3.05) is 12.4 Å². The van der Waals surface area contributed by atoms with Gasteiger partial charge in [0.05, 0.1) is 17.3 Å². The van der Waals surface area contributed by atoms with Gasteiger partial charge in [-0.25, -0.2) is 0 Å². The van der Waals surface area contributed by atoms with Crippen molar-refractivity contribution in [3.8, 4) is 0 Å². The molecular formula is C16H16Cl2N4O2. The molecule has 126 valence electrons. The predicted octanol–water partition coefficient (Wildman–Crippen LogP) is 3.45. The summed E-state index contributed by atoms with van der Waals surface area (Å²) in [5.74, 6) is -0.693. The fourth-order valence-electron chi connectivity index (χ4n) is 2.53. The summed E-state index contributed by atoms with van der Waals surface area (Å²) >= 11 is 12.0. The molecule has 6 nitrogen and oxygen atoms in total. The Morgan fingerprint density at radius 2 is 1.92 bits per heavy atom. The van der Waals surface area contributed by atoms with Crippen LogP contribution in [0.1, 0.15) is 45.3 Å². The first-order valence-corrected chi connectivity index (χ1v) is 8.25. The maximum absolute atomic E-state index is 12.7. The van der Waals surface area contributed by atoms with Gasteiger partial charge in [0.25, 0.3) is 11.8 Å². The minimum atomic E-state index is -0.364. The van der Waals surface area contributed by atoms with Gasteiger partial charge in [-0.2, -0.15) is 5.10 Å². The van der Waals surface area contributed by atoms with Crippen molar-refractivity contribution < 1.29 is 9.59 Å². The number of aromatic nitrogens is 2. The van der Waals surface area contributed by atoms with E-state index in [1.54, 1.807) is 17.7 Å². The molecule has 1 aromatic heterocycles. The number of anilines is 1. The molecule has 0 atom stereocenters. The highest BCUT2D eigenvalue weighted by Crippen LogP contribution is 2.36. The zero-order valence-corrected chi connectivity index (χ0v) is 14.7. The van der Waals surface area contributed by atoms with Gasteiger partial charge in [-0.3, -0.25) is 14.3 Å². The first kappa shape index (κ1) is 16.8. The lowest BCUT2D eigenvalue weighted by molar-refractivity contribution is 0.0964. The van der Waals surface area contributed by atoms with E-state index in [4.69, 9.17) is 23.2 Å². The second kappa shape index (κ2) is 6.45. The average molecular weight is 367 g/mol. The van der Waals surface area contributed by atoms with Crippen molar-refractivity contribution in [1.29, 1.82) is 0 Å². The lowest BCUT2D eigenvalue weighted by Crippen LogP contribution is -2.23. The molecule has 0 bridgehead atoms. The number of nitrogens with one attached hydrogen (secondary N) is 2. The molecular weight excluding hydrogens is 351 g/mol. The number of nitrogens with zero attached hydrogens (tertiary/aromatic N) is 2. The number of carbonyl (C=O) groups is 2. The van der Waals surface area contributed by atoms with Crippen LogP contribution in [-0.4, -0.2) is 28.6 Å². The van der Waals surface area contributed by atoms with Crippen molar-refractivity contribution >= 4 is 40.7 Å². The maximum atomic E-state index is 12.7. The van der Waals surface area contributed by atoms with Crippen LogP contribution in [0.4, 0.5) is 5.69 Å². The molecule has 0 radical (unpaired) electrons. The van der Waals surface area contributed by atoms with Crippen LogP contribution < -0.4 is 10.6 Å². The van der Waals surface area contributed by atoms with Crippen molar-refractivity contribution in [1.82, 2.24) is 15.1 Å². The number of aryl methyl sites for hydroxylation is 1. The fourth-order valence-corrected chi connectivity index (χ4v) is 2.99. The highest BCUT2D eigenvalue weighted by molar-refractivity contribution is 6.31. The van der Waals surface area contributed by atoms with E-state index in [0.717, 1.165) is 12.8 Å². The Morgan fingerprint density at radius 1 is 1.21 bits per heavy atom. The van der Waals surface area contributed by atoms with Crippen LogP contribution >= 0.6 is 23.2 Å². The van der Waals surface area contributed by atoms with E-state index in [9.17, 15) is 9.59 Å². The van der Waals surface area contributed by atoms with Crippen LogP contribution in [0.5, 0.6) is 0 Å². The molecule has 1 aromatic carbocycles. The number of rotatable bonds is 4. The van der Waals surface area contributed by atoms with Crippen LogP contribution in [0.3, 0.4) is 0 Å². The molecule has 1 saturated carbocycles. The molecule has 2 N–H and O–H groups in total. The Kier molecular flexibility index (Phi) is 4.51. The van der Waals surface area contributed by atoms with Gasteiger partial charge in [0, 0.05) is 18.1 Å². The predicted molar refractivity (Wildman–Crippen MR) is 93.0 cm³/mol. The van der Waals surface area contributed by atoms with Crippen LogP contribution in [0.15, 0.2) is 18.2 Å². The molecule has 0 aliphatic heterocycles. The third-order valence-electron chi connectivity index (χ3n) is 3.84. The highest BCUT2D eigenvalue weighted by atomic mass is 35.5. The first-order valence-electron chi connectivity index (χ1n) is 7.49. The Bertz CT molecular complexity index is 828. The monoisotopic (exact) mass is 366 g/mol. The Balaban J connectivity index is 1.96. The van der Waals surface area contributed by atoms with Crippen LogP contribution in [0, 0.1) is 6.92 Å². The Labute approximate surface area is 149 Å². The molecule has 1 fully saturated rings. The van der Waals surface area contributed by atoms with Crippen molar-refractivity contribution in [3.63, 3.8) is 0 Å². The van der Waals surface area contributed by atoms with Crippen molar-refractivity contribution in [2.24, 2.45) is 0 Å². The number of hydrogen-bond acceptors (Lipinski definition) is 3. The van der Waals surface area contributed by atoms with Crippen molar-refractivity contribution in [2.45, 2.75) is 25.8 Å². The smallest absolute Gasteiger partial charge is 0.274 e. The lowest BCUT2D eigenvalue weighted by atomic mass is 10.1. The molecule has 0 unspecified atom stereocenters. The van der Waals surface area contributed by atoms with E-state index in [0.29, 0.717) is 27.5 Å². The largest absolute Gasteiger partial charge is 0.355 e. The normalized spacial score (nSPS) is 13.7. The van der Waals surface area contributed by atoms with E-state index >= 15 is 0 Å². The minimum Gasteiger partial charge on any atom is -0.355 e. The molecule has 2 aromatic rings. The zero-order chi connectivity index (χ0) is 17.4. The topological polar surface area (TPSA) is 76.0 Å². The number of amides is 2. The second-order valence-electron chi connectivity index (χ2n) is 5.71. The molecule has 0 saturated heterocycles. The fraction of sp³-hybridized carbons (Fsp3) is 0.312. The highest BCUT2D eigenvalue weighted by Gasteiger charge is 2.30. The third kappa shape index (κ3) is 3.25. The Morgan fingerprint density at radius 3 is 2.54 bits per heavy atom. The zero-order valence-electron chi connectivity index (χ0n) is 13.2. The van der Waals surface area contributed by atoms with E-state index in [-0.39, 0.29) is 23.0 Å². The number of halogens is 2. The molecule has 2 amide bonds. The second-order valence-corrected chi connectivity index (χ2v) is 6.53. The van der Waals surface area contributed by atoms with E-state index in [2.05, 4.69) is 15.7 Å². The molecule has 1 heterocycles. The summed E-state index contributed by atoms with van der Waals surface area (Å²) in [5.41, 5.74) is 1.79. The van der Waals surface area contributed by atoms with Gasteiger partial charge in [0.1, 0.15) is 5.69 Å². The van der Waals surface area contributed by atoms with Gasteiger partial charge in [-0.15, -0.1) is 0 Å². The Hall–Kier alpha value is -2.05. The first-order chi connectivity index (χ1) is 11.4. The quantitative estimate of drug-likeness (QED) is 0.869. The molecule has 24 heavy (non-hydrogen) atoms. The van der Waals surface area contributed by atoms with E-state index < -0.39 is 0 Å². The van der Waals surface area contributed by atoms with E-state index in [1.807, 2.05) is 0 Å². The summed E-state index contributed by atoms with van der Waals surface area (Å²) in [6, 6.07) is 4.95. The molecule has 8 heteroatoms. The molecule has 0 spiro atoms. The SMILES string of the molecule is CNC(=O)c1cc(Cl)cc(C)c1NC(=O)c1cc(Cl)nn1C1CC1.